The summed E-state index contributed by atoms with van der Waals surface area (Å²) in [5.41, 5.74) is 3.48. The molecule has 3 rings (SSSR count). The zero-order chi connectivity index (χ0) is 19.6. The van der Waals surface area contributed by atoms with Crippen molar-refractivity contribution in [1.82, 2.24) is 19.6 Å². The van der Waals surface area contributed by atoms with Crippen molar-refractivity contribution in [2.24, 2.45) is 7.05 Å². The SMILES string of the molecule is CC(C)c1cc(NC(=O)N2CCC[C@H]2c2ccc(CN(C)C)cc2)n(C)n1. The number of aromatic nitrogens is 2. The van der Waals surface area contributed by atoms with Gasteiger partial charge >= 0.3 is 6.03 Å². The lowest BCUT2D eigenvalue weighted by molar-refractivity contribution is 0.207. The number of urea groups is 1. The number of carbonyl (C=O) groups is 1. The fourth-order valence-electron chi connectivity index (χ4n) is 3.64. The number of rotatable bonds is 5. The number of hydrogen-bond donors (Lipinski definition) is 1. The number of anilines is 1. The van der Waals surface area contributed by atoms with Gasteiger partial charge in [-0.3, -0.25) is 10.00 Å². The Morgan fingerprint density at radius 1 is 1.30 bits per heavy atom. The van der Waals surface area contributed by atoms with Crippen molar-refractivity contribution in [3.63, 3.8) is 0 Å². The van der Waals surface area contributed by atoms with Crippen molar-refractivity contribution in [1.29, 1.82) is 0 Å². The lowest BCUT2D eigenvalue weighted by Gasteiger charge is -2.25. The van der Waals surface area contributed by atoms with Crippen LogP contribution in [0.5, 0.6) is 0 Å². The highest BCUT2D eigenvalue weighted by Crippen LogP contribution is 2.32. The molecule has 1 atom stereocenters. The molecule has 6 nitrogen and oxygen atoms in total. The quantitative estimate of drug-likeness (QED) is 0.867. The van der Waals surface area contributed by atoms with E-state index in [1.54, 1.807) is 4.68 Å². The van der Waals surface area contributed by atoms with Crippen LogP contribution in [0.4, 0.5) is 10.6 Å². The van der Waals surface area contributed by atoms with Crippen LogP contribution in [0.1, 0.15) is 55.5 Å². The third-order valence-electron chi connectivity index (χ3n) is 5.10. The van der Waals surface area contributed by atoms with E-state index in [1.807, 2.05) is 18.0 Å². The Balaban J connectivity index is 1.71. The van der Waals surface area contributed by atoms with Crippen LogP contribution in [-0.2, 0) is 13.6 Å². The Bertz CT molecular complexity index is 778. The number of nitrogens with one attached hydrogen (secondary N) is 1. The van der Waals surface area contributed by atoms with Crippen molar-refractivity contribution >= 4 is 11.8 Å². The van der Waals surface area contributed by atoms with Gasteiger partial charge in [0, 0.05) is 26.2 Å². The number of nitrogens with zero attached hydrogens (tertiary/aromatic N) is 4. The maximum atomic E-state index is 12.9. The van der Waals surface area contributed by atoms with Crippen LogP contribution in [0.15, 0.2) is 30.3 Å². The summed E-state index contributed by atoms with van der Waals surface area (Å²) in [5.74, 6) is 1.08. The molecule has 146 valence electrons. The first-order chi connectivity index (χ1) is 12.8. The van der Waals surface area contributed by atoms with E-state index in [0.29, 0.717) is 5.92 Å². The molecule has 2 amide bonds. The molecule has 1 fully saturated rings. The fraction of sp³-hybridized carbons (Fsp3) is 0.524. The highest BCUT2D eigenvalue weighted by Gasteiger charge is 2.30. The minimum atomic E-state index is -0.0480. The van der Waals surface area contributed by atoms with Gasteiger partial charge in [0.05, 0.1) is 11.7 Å². The zero-order valence-corrected chi connectivity index (χ0v) is 17.1. The Kier molecular flexibility index (Phi) is 5.85. The number of benzene rings is 1. The smallest absolute Gasteiger partial charge is 0.317 e. The molecule has 1 aliphatic rings. The summed E-state index contributed by atoms with van der Waals surface area (Å²) in [4.78, 5) is 17.0. The van der Waals surface area contributed by atoms with E-state index in [-0.39, 0.29) is 12.1 Å². The van der Waals surface area contributed by atoms with Crippen LogP contribution in [-0.4, -0.2) is 46.3 Å². The molecule has 2 heterocycles. The van der Waals surface area contributed by atoms with Gasteiger partial charge in [-0.15, -0.1) is 0 Å². The summed E-state index contributed by atoms with van der Waals surface area (Å²) in [6.07, 6.45) is 2.03. The summed E-state index contributed by atoms with van der Waals surface area (Å²) >= 11 is 0. The summed E-state index contributed by atoms with van der Waals surface area (Å²) < 4.78 is 1.74. The van der Waals surface area contributed by atoms with E-state index in [1.165, 1.54) is 11.1 Å². The summed E-state index contributed by atoms with van der Waals surface area (Å²) in [5, 5.41) is 7.53. The second-order valence-corrected chi connectivity index (χ2v) is 7.99. The van der Waals surface area contributed by atoms with Crippen molar-refractivity contribution in [3.05, 3.63) is 47.2 Å². The number of likely N-dealkylation sites (tertiary alicyclic amines) is 1. The average molecular weight is 370 g/mol. The topological polar surface area (TPSA) is 53.4 Å². The number of amides is 2. The molecule has 1 N–H and O–H groups in total. The first kappa shape index (κ1) is 19.4. The highest BCUT2D eigenvalue weighted by atomic mass is 16.2. The van der Waals surface area contributed by atoms with E-state index in [0.717, 1.165) is 37.4 Å². The maximum absolute atomic E-state index is 12.9. The summed E-state index contributed by atoms with van der Waals surface area (Å²) in [7, 11) is 6.01. The molecular weight excluding hydrogens is 338 g/mol. The normalized spacial score (nSPS) is 17.1. The van der Waals surface area contributed by atoms with Gasteiger partial charge in [0.25, 0.3) is 0 Å². The molecule has 1 aromatic carbocycles. The van der Waals surface area contributed by atoms with Crippen LogP contribution in [0, 0.1) is 0 Å². The van der Waals surface area contributed by atoms with Gasteiger partial charge in [-0.05, 0) is 44.0 Å². The van der Waals surface area contributed by atoms with Crippen LogP contribution in [0.25, 0.3) is 0 Å². The summed E-state index contributed by atoms with van der Waals surface area (Å²) in [6.45, 7) is 5.91. The number of carbonyl (C=O) groups excluding carboxylic acids is 1. The van der Waals surface area contributed by atoms with Crippen molar-refractivity contribution in [2.75, 3.05) is 26.0 Å². The molecule has 0 saturated carbocycles. The predicted octanol–water partition coefficient (Wildman–Crippen LogP) is 3.97. The minimum absolute atomic E-state index is 0.0480. The number of aryl methyl sites for hydroxylation is 1. The minimum Gasteiger partial charge on any atom is -0.317 e. The Hall–Kier alpha value is -2.34. The highest BCUT2D eigenvalue weighted by molar-refractivity contribution is 5.89. The van der Waals surface area contributed by atoms with Gasteiger partial charge < -0.3 is 9.80 Å². The molecule has 1 aromatic heterocycles. The van der Waals surface area contributed by atoms with Gasteiger partial charge in [0.2, 0.25) is 0 Å². The molecular formula is C21H31N5O. The largest absolute Gasteiger partial charge is 0.323 e. The van der Waals surface area contributed by atoms with Crippen molar-refractivity contribution in [2.45, 2.75) is 45.2 Å². The molecule has 2 aromatic rings. The molecule has 1 aliphatic heterocycles. The molecule has 27 heavy (non-hydrogen) atoms. The second-order valence-electron chi connectivity index (χ2n) is 7.99. The molecule has 0 bridgehead atoms. The first-order valence-corrected chi connectivity index (χ1v) is 9.70. The fourth-order valence-corrected chi connectivity index (χ4v) is 3.64. The Morgan fingerprint density at radius 2 is 2.00 bits per heavy atom. The molecule has 0 aliphatic carbocycles. The molecule has 0 unspecified atom stereocenters. The third kappa shape index (κ3) is 4.50. The van der Waals surface area contributed by atoms with Gasteiger partial charge in [-0.25, -0.2) is 4.79 Å². The first-order valence-electron chi connectivity index (χ1n) is 9.70. The Morgan fingerprint density at radius 3 is 2.59 bits per heavy atom. The second kappa shape index (κ2) is 8.13. The monoisotopic (exact) mass is 369 g/mol. The van der Waals surface area contributed by atoms with Gasteiger partial charge in [0.15, 0.2) is 0 Å². The van der Waals surface area contributed by atoms with E-state index >= 15 is 0 Å². The number of hydrogen-bond acceptors (Lipinski definition) is 3. The molecule has 0 radical (unpaired) electrons. The average Bonchev–Trinajstić information content (AvgIpc) is 3.22. The zero-order valence-electron chi connectivity index (χ0n) is 17.1. The Labute approximate surface area is 162 Å². The van der Waals surface area contributed by atoms with Crippen LogP contribution in [0.2, 0.25) is 0 Å². The molecule has 1 saturated heterocycles. The molecule has 6 heteroatoms. The van der Waals surface area contributed by atoms with Crippen LogP contribution < -0.4 is 5.32 Å². The third-order valence-corrected chi connectivity index (χ3v) is 5.10. The maximum Gasteiger partial charge on any atom is 0.323 e. The molecule has 0 spiro atoms. The van der Waals surface area contributed by atoms with Gasteiger partial charge in [-0.2, -0.15) is 5.10 Å². The lowest BCUT2D eigenvalue weighted by Crippen LogP contribution is -2.35. The van der Waals surface area contributed by atoms with Crippen LogP contribution >= 0.6 is 0 Å². The van der Waals surface area contributed by atoms with Gasteiger partial charge in [0.1, 0.15) is 5.82 Å². The standard InChI is InChI=1S/C21H31N5O/c1-15(2)18-13-20(25(5)23-18)22-21(27)26-12-6-7-19(26)17-10-8-16(9-11-17)14-24(3)4/h8-11,13,15,19H,6-7,12,14H2,1-5H3,(H,22,27)/t19-/m0/s1. The van der Waals surface area contributed by atoms with E-state index in [9.17, 15) is 4.79 Å². The van der Waals surface area contributed by atoms with Crippen molar-refractivity contribution in [3.8, 4) is 0 Å². The van der Waals surface area contributed by atoms with E-state index in [2.05, 4.69) is 67.5 Å². The van der Waals surface area contributed by atoms with Crippen molar-refractivity contribution < 1.29 is 4.79 Å². The van der Waals surface area contributed by atoms with Gasteiger partial charge in [-0.1, -0.05) is 38.1 Å². The lowest BCUT2D eigenvalue weighted by atomic mass is 10.0. The van der Waals surface area contributed by atoms with Crippen LogP contribution in [0.3, 0.4) is 0 Å². The van der Waals surface area contributed by atoms with E-state index < -0.39 is 0 Å². The summed E-state index contributed by atoms with van der Waals surface area (Å²) in [6, 6.07) is 10.7. The van der Waals surface area contributed by atoms with E-state index in [4.69, 9.17) is 0 Å². The predicted molar refractivity (Wildman–Crippen MR) is 109 cm³/mol.